The molecule has 0 aliphatic carbocycles. The molecular formula is C16H16BrN3O. The molecule has 3 rings (SSSR count). The molecule has 3 aromatic rings. The summed E-state index contributed by atoms with van der Waals surface area (Å²) in [5, 5.41) is 13.8. The lowest BCUT2D eigenvalue weighted by Gasteiger charge is -2.01. The van der Waals surface area contributed by atoms with Gasteiger partial charge in [0.2, 0.25) is 11.8 Å². The number of nitrogens with one attached hydrogen (secondary N) is 1. The molecule has 4 nitrogen and oxygen atoms in total. The van der Waals surface area contributed by atoms with Crippen molar-refractivity contribution >= 4 is 26.7 Å². The second kappa shape index (κ2) is 6.37. The van der Waals surface area contributed by atoms with E-state index in [0.29, 0.717) is 18.3 Å². The normalized spacial score (nSPS) is 11.1. The Kier molecular flexibility index (Phi) is 4.31. The van der Waals surface area contributed by atoms with Crippen LogP contribution in [0.2, 0.25) is 0 Å². The maximum atomic E-state index is 5.69. The van der Waals surface area contributed by atoms with Gasteiger partial charge in [-0.3, -0.25) is 0 Å². The van der Waals surface area contributed by atoms with Crippen molar-refractivity contribution in [3.8, 4) is 11.5 Å². The smallest absolute Gasteiger partial charge is 0.247 e. The molecule has 1 aromatic heterocycles. The van der Waals surface area contributed by atoms with E-state index in [-0.39, 0.29) is 0 Å². The van der Waals surface area contributed by atoms with E-state index in [1.54, 1.807) is 0 Å². The molecule has 0 fully saturated rings. The zero-order valence-electron chi connectivity index (χ0n) is 11.8. The lowest BCUT2D eigenvalue weighted by atomic mass is 10.1. The quantitative estimate of drug-likeness (QED) is 0.705. The molecule has 2 aromatic carbocycles. The van der Waals surface area contributed by atoms with Crippen molar-refractivity contribution in [2.45, 2.75) is 19.9 Å². The summed E-state index contributed by atoms with van der Waals surface area (Å²) in [4.78, 5) is 0. The highest BCUT2D eigenvalue weighted by atomic mass is 79.9. The van der Waals surface area contributed by atoms with E-state index < -0.39 is 0 Å². The summed E-state index contributed by atoms with van der Waals surface area (Å²) in [7, 11) is 0. The summed E-state index contributed by atoms with van der Waals surface area (Å²) in [5.41, 5.74) is 0.944. The Morgan fingerprint density at radius 1 is 1.10 bits per heavy atom. The van der Waals surface area contributed by atoms with E-state index in [9.17, 15) is 0 Å². The lowest BCUT2D eigenvalue weighted by Crippen LogP contribution is -2.13. The number of aromatic nitrogens is 2. The van der Waals surface area contributed by atoms with Crippen molar-refractivity contribution in [1.82, 2.24) is 15.5 Å². The number of fused-ring (bicyclic) bond motifs is 1. The second-order valence-electron chi connectivity index (χ2n) is 4.88. The van der Waals surface area contributed by atoms with E-state index >= 15 is 0 Å². The van der Waals surface area contributed by atoms with Gasteiger partial charge in [0.15, 0.2) is 0 Å². The summed E-state index contributed by atoms with van der Waals surface area (Å²) in [6.07, 6.45) is 1.08. The number of rotatable bonds is 5. The largest absolute Gasteiger partial charge is 0.419 e. The second-order valence-corrected chi connectivity index (χ2v) is 5.80. The topological polar surface area (TPSA) is 51.0 Å². The van der Waals surface area contributed by atoms with Gasteiger partial charge in [0.1, 0.15) is 0 Å². The zero-order valence-corrected chi connectivity index (χ0v) is 13.4. The Hall–Kier alpha value is -1.72. The maximum Gasteiger partial charge on any atom is 0.247 e. The fourth-order valence-electron chi connectivity index (χ4n) is 2.16. The summed E-state index contributed by atoms with van der Waals surface area (Å²) in [6, 6.07) is 12.3. The third-order valence-corrected chi connectivity index (χ3v) is 3.71. The molecule has 21 heavy (non-hydrogen) atoms. The van der Waals surface area contributed by atoms with Crippen LogP contribution in [-0.4, -0.2) is 16.7 Å². The Balaban J connectivity index is 1.84. The van der Waals surface area contributed by atoms with Crippen molar-refractivity contribution in [2.24, 2.45) is 0 Å². The molecule has 1 N–H and O–H groups in total. The van der Waals surface area contributed by atoms with Crippen molar-refractivity contribution < 1.29 is 4.42 Å². The Morgan fingerprint density at radius 2 is 1.90 bits per heavy atom. The molecule has 0 amide bonds. The Labute approximate surface area is 131 Å². The molecule has 0 atom stereocenters. The first kappa shape index (κ1) is 14.2. The minimum absolute atomic E-state index is 0.563. The van der Waals surface area contributed by atoms with Crippen LogP contribution in [0.5, 0.6) is 0 Å². The zero-order chi connectivity index (χ0) is 14.7. The van der Waals surface area contributed by atoms with Crippen LogP contribution < -0.4 is 5.32 Å². The highest BCUT2D eigenvalue weighted by Crippen LogP contribution is 2.25. The molecule has 0 unspecified atom stereocenters. The molecule has 5 heteroatoms. The average Bonchev–Trinajstić information content (AvgIpc) is 2.96. The van der Waals surface area contributed by atoms with Crippen LogP contribution in [0, 0.1) is 0 Å². The molecule has 1 heterocycles. The van der Waals surface area contributed by atoms with Crippen LogP contribution in [-0.2, 0) is 6.54 Å². The number of benzene rings is 2. The third kappa shape index (κ3) is 3.31. The molecule has 0 saturated heterocycles. The molecule has 0 bridgehead atoms. The lowest BCUT2D eigenvalue weighted by molar-refractivity contribution is 0.477. The van der Waals surface area contributed by atoms with Gasteiger partial charge in [0.05, 0.1) is 6.54 Å². The van der Waals surface area contributed by atoms with Crippen molar-refractivity contribution in [3.63, 3.8) is 0 Å². The van der Waals surface area contributed by atoms with Gasteiger partial charge in [0, 0.05) is 10.0 Å². The van der Waals surface area contributed by atoms with E-state index in [4.69, 9.17) is 4.42 Å². The number of hydrogen-bond acceptors (Lipinski definition) is 4. The minimum atomic E-state index is 0.563. The maximum absolute atomic E-state index is 5.69. The molecule has 108 valence electrons. The molecule has 0 radical (unpaired) electrons. The van der Waals surface area contributed by atoms with Crippen LogP contribution in [0.25, 0.3) is 22.2 Å². The van der Waals surface area contributed by atoms with E-state index in [1.807, 2.05) is 12.1 Å². The molecule has 0 saturated carbocycles. The van der Waals surface area contributed by atoms with Gasteiger partial charge in [0.25, 0.3) is 0 Å². The van der Waals surface area contributed by atoms with Gasteiger partial charge >= 0.3 is 0 Å². The predicted octanol–water partition coefficient (Wildman–Crippen LogP) is 4.15. The van der Waals surface area contributed by atoms with Crippen LogP contribution >= 0.6 is 15.9 Å². The molecular weight excluding hydrogens is 330 g/mol. The van der Waals surface area contributed by atoms with Gasteiger partial charge in [-0.2, -0.15) is 0 Å². The van der Waals surface area contributed by atoms with Crippen molar-refractivity contribution in [3.05, 3.63) is 46.8 Å². The van der Waals surface area contributed by atoms with Gasteiger partial charge in [-0.15, -0.1) is 10.2 Å². The Morgan fingerprint density at radius 3 is 2.76 bits per heavy atom. The first-order valence-corrected chi connectivity index (χ1v) is 7.78. The van der Waals surface area contributed by atoms with Crippen LogP contribution in [0.15, 0.2) is 45.3 Å². The average molecular weight is 346 g/mol. The molecule has 0 spiro atoms. The summed E-state index contributed by atoms with van der Waals surface area (Å²) in [5.74, 6) is 1.18. The van der Waals surface area contributed by atoms with Gasteiger partial charge in [-0.05, 0) is 48.0 Å². The predicted molar refractivity (Wildman–Crippen MR) is 86.9 cm³/mol. The third-order valence-electron chi connectivity index (χ3n) is 3.22. The van der Waals surface area contributed by atoms with Gasteiger partial charge < -0.3 is 9.73 Å². The van der Waals surface area contributed by atoms with Crippen LogP contribution in [0.4, 0.5) is 0 Å². The van der Waals surface area contributed by atoms with E-state index in [1.165, 1.54) is 5.39 Å². The Bertz CT molecular complexity index is 754. The van der Waals surface area contributed by atoms with Gasteiger partial charge in [-0.1, -0.05) is 35.0 Å². The minimum Gasteiger partial charge on any atom is -0.419 e. The summed E-state index contributed by atoms with van der Waals surface area (Å²) < 4.78 is 6.77. The number of hydrogen-bond donors (Lipinski definition) is 1. The first-order chi connectivity index (χ1) is 10.3. The van der Waals surface area contributed by atoms with E-state index in [2.05, 4.69) is 62.6 Å². The fourth-order valence-corrected chi connectivity index (χ4v) is 2.54. The first-order valence-electron chi connectivity index (χ1n) is 6.99. The SMILES string of the molecule is CCCNCc1nnc(-c2ccc3cc(Br)ccc3c2)o1. The number of nitrogens with zero attached hydrogens (tertiary/aromatic N) is 2. The van der Waals surface area contributed by atoms with E-state index in [0.717, 1.165) is 28.4 Å². The monoisotopic (exact) mass is 345 g/mol. The van der Waals surface area contributed by atoms with Crippen LogP contribution in [0.1, 0.15) is 19.2 Å². The number of halogens is 1. The highest BCUT2D eigenvalue weighted by Gasteiger charge is 2.09. The van der Waals surface area contributed by atoms with Crippen molar-refractivity contribution in [1.29, 1.82) is 0 Å². The summed E-state index contributed by atoms with van der Waals surface area (Å²) in [6.45, 7) is 3.68. The standard InChI is InChI=1S/C16H16BrN3O/c1-2-7-18-10-15-19-20-16(21-15)13-4-3-12-9-14(17)6-5-11(12)8-13/h3-6,8-9,18H,2,7,10H2,1H3. The highest BCUT2D eigenvalue weighted by molar-refractivity contribution is 9.10. The fraction of sp³-hybridized carbons (Fsp3) is 0.250. The molecule has 0 aliphatic rings. The molecule has 0 aliphatic heterocycles. The van der Waals surface area contributed by atoms with Crippen molar-refractivity contribution in [2.75, 3.05) is 6.54 Å². The summed E-state index contributed by atoms with van der Waals surface area (Å²) >= 11 is 3.48. The van der Waals surface area contributed by atoms with Crippen LogP contribution in [0.3, 0.4) is 0 Å². The van der Waals surface area contributed by atoms with Gasteiger partial charge in [-0.25, -0.2) is 0 Å².